The largest absolute Gasteiger partial charge is 0.398 e. The Hall–Kier alpha value is -1.11. The molecule has 0 aromatic heterocycles. The number of nitrogen functional groups attached to an aromatic ring is 1. The molecule has 1 aromatic carbocycles. The van der Waals surface area contributed by atoms with Gasteiger partial charge in [0.2, 0.25) is 10.0 Å². The highest BCUT2D eigenvalue weighted by molar-refractivity contribution is 7.89. The van der Waals surface area contributed by atoms with Gasteiger partial charge in [-0.05, 0) is 37.5 Å². The Bertz CT molecular complexity index is 557. The molecule has 2 rings (SSSR count). The van der Waals surface area contributed by atoms with E-state index in [1.807, 2.05) is 6.92 Å². The van der Waals surface area contributed by atoms with Crippen molar-refractivity contribution in [1.29, 1.82) is 0 Å². The third-order valence-electron chi connectivity index (χ3n) is 3.46. The van der Waals surface area contributed by atoms with Gasteiger partial charge < -0.3 is 10.5 Å². The van der Waals surface area contributed by atoms with Crippen LogP contribution in [0.4, 0.5) is 5.69 Å². The van der Waals surface area contributed by atoms with E-state index in [1.165, 1.54) is 4.31 Å². The maximum Gasteiger partial charge on any atom is 0.245 e. The van der Waals surface area contributed by atoms with E-state index in [1.54, 1.807) is 25.3 Å². The maximum atomic E-state index is 12.6. The molecule has 1 atom stereocenters. The number of anilines is 1. The molecule has 1 aromatic rings. The van der Waals surface area contributed by atoms with Crippen LogP contribution in [0, 0.1) is 6.92 Å². The molecule has 1 heterocycles. The lowest BCUT2D eigenvalue weighted by Gasteiger charge is -2.31. The van der Waals surface area contributed by atoms with Gasteiger partial charge in [0.05, 0.1) is 11.8 Å². The maximum absolute atomic E-state index is 12.6. The molecular formula is C13H20N2O3S. The first-order valence-corrected chi connectivity index (χ1v) is 7.78. The molecule has 0 spiro atoms. The molecule has 1 aliphatic heterocycles. The van der Waals surface area contributed by atoms with Gasteiger partial charge >= 0.3 is 0 Å². The van der Waals surface area contributed by atoms with E-state index in [0.717, 1.165) is 18.4 Å². The number of rotatable bonds is 3. The number of nitrogens with two attached hydrogens (primary N) is 1. The lowest BCUT2D eigenvalue weighted by molar-refractivity contribution is 0.0572. The number of sulfonamides is 1. The predicted molar refractivity (Wildman–Crippen MR) is 74.4 cm³/mol. The average Bonchev–Trinajstić information content (AvgIpc) is 2.38. The van der Waals surface area contributed by atoms with Gasteiger partial charge in [0.15, 0.2) is 0 Å². The van der Waals surface area contributed by atoms with Crippen LogP contribution in [0.3, 0.4) is 0 Å². The van der Waals surface area contributed by atoms with Gasteiger partial charge in [-0.1, -0.05) is 6.07 Å². The molecule has 0 bridgehead atoms. The van der Waals surface area contributed by atoms with Gasteiger partial charge in [0.1, 0.15) is 4.90 Å². The summed E-state index contributed by atoms with van der Waals surface area (Å²) in [6, 6.07) is 5.03. The third kappa shape index (κ3) is 2.91. The fraction of sp³-hybridized carbons (Fsp3) is 0.538. The number of ether oxygens (including phenoxy) is 1. The van der Waals surface area contributed by atoms with Gasteiger partial charge in [-0.3, -0.25) is 0 Å². The zero-order chi connectivity index (χ0) is 14.0. The number of benzene rings is 1. The summed E-state index contributed by atoms with van der Waals surface area (Å²) < 4.78 is 31.9. The van der Waals surface area contributed by atoms with Crippen molar-refractivity contribution >= 4 is 15.7 Å². The summed E-state index contributed by atoms with van der Waals surface area (Å²) in [5.74, 6) is 0. The quantitative estimate of drug-likeness (QED) is 0.851. The van der Waals surface area contributed by atoms with E-state index in [-0.39, 0.29) is 11.0 Å². The van der Waals surface area contributed by atoms with Crippen molar-refractivity contribution in [3.05, 3.63) is 23.8 Å². The second-order valence-corrected chi connectivity index (χ2v) is 6.81. The van der Waals surface area contributed by atoms with Gasteiger partial charge in [-0.25, -0.2) is 8.42 Å². The molecule has 0 radical (unpaired) electrons. The summed E-state index contributed by atoms with van der Waals surface area (Å²) in [5, 5.41) is 0. The average molecular weight is 284 g/mol. The monoisotopic (exact) mass is 284 g/mol. The van der Waals surface area contributed by atoms with Gasteiger partial charge in [0.25, 0.3) is 0 Å². The third-order valence-corrected chi connectivity index (χ3v) is 5.40. The van der Waals surface area contributed by atoms with Crippen molar-refractivity contribution in [3.63, 3.8) is 0 Å². The molecule has 1 unspecified atom stereocenters. The molecule has 0 amide bonds. The van der Waals surface area contributed by atoms with Crippen molar-refractivity contribution in [1.82, 2.24) is 4.31 Å². The topological polar surface area (TPSA) is 72.6 Å². The highest BCUT2D eigenvalue weighted by Crippen LogP contribution is 2.26. The normalized spacial score (nSPS) is 21.5. The summed E-state index contributed by atoms with van der Waals surface area (Å²) in [4.78, 5) is 0.190. The lowest BCUT2D eigenvalue weighted by atomic mass is 10.1. The molecule has 0 saturated carbocycles. The Morgan fingerprint density at radius 2 is 2.16 bits per heavy atom. The van der Waals surface area contributed by atoms with Crippen molar-refractivity contribution in [2.24, 2.45) is 0 Å². The zero-order valence-corrected chi connectivity index (χ0v) is 12.1. The Morgan fingerprint density at radius 3 is 2.79 bits per heavy atom. The smallest absolute Gasteiger partial charge is 0.245 e. The fourth-order valence-electron chi connectivity index (χ4n) is 2.36. The Morgan fingerprint density at radius 1 is 1.42 bits per heavy atom. The first kappa shape index (κ1) is 14.3. The summed E-state index contributed by atoms with van der Waals surface area (Å²) in [6.07, 6.45) is 1.67. The summed E-state index contributed by atoms with van der Waals surface area (Å²) in [6.45, 7) is 2.80. The van der Waals surface area contributed by atoms with E-state index in [9.17, 15) is 8.42 Å². The standard InChI is InChI=1S/C13H20N2O3S/c1-10-5-6-13(12(14)8-10)19(16,17)15-7-3-4-11(9-15)18-2/h5-6,8,11H,3-4,7,9,14H2,1-2H3. The number of piperidine rings is 1. The minimum Gasteiger partial charge on any atom is -0.398 e. The van der Waals surface area contributed by atoms with Crippen LogP contribution >= 0.6 is 0 Å². The number of hydrogen-bond donors (Lipinski definition) is 1. The molecule has 106 valence electrons. The molecule has 1 saturated heterocycles. The predicted octanol–water partition coefficient (Wildman–Crippen LogP) is 1.38. The van der Waals surface area contributed by atoms with Gasteiger partial charge in [-0.2, -0.15) is 4.31 Å². The van der Waals surface area contributed by atoms with Crippen LogP contribution in [0.1, 0.15) is 18.4 Å². The minimum absolute atomic E-state index is 0.0322. The highest BCUT2D eigenvalue weighted by Gasteiger charge is 2.31. The molecule has 6 heteroatoms. The molecule has 19 heavy (non-hydrogen) atoms. The Kier molecular flexibility index (Phi) is 4.13. The van der Waals surface area contributed by atoms with Gasteiger partial charge in [0, 0.05) is 20.2 Å². The first-order chi connectivity index (χ1) is 8.95. The van der Waals surface area contributed by atoms with Crippen molar-refractivity contribution < 1.29 is 13.2 Å². The van der Waals surface area contributed by atoms with E-state index in [0.29, 0.717) is 18.8 Å². The molecule has 0 aliphatic carbocycles. The first-order valence-electron chi connectivity index (χ1n) is 6.34. The minimum atomic E-state index is -3.52. The van der Waals surface area contributed by atoms with Crippen LogP contribution in [0.5, 0.6) is 0 Å². The van der Waals surface area contributed by atoms with Crippen LogP contribution in [0.25, 0.3) is 0 Å². The molecule has 5 nitrogen and oxygen atoms in total. The van der Waals surface area contributed by atoms with Crippen molar-refractivity contribution in [2.45, 2.75) is 30.8 Å². The number of methoxy groups -OCH3 is 1. The highest BCUT2D eigenvalue weighted by atomic mass is 32.2. The summed E-state index contributed by atoms with van der Waals surface area (Å²) >= 11 is 0. The summed E-state index contributed by atoms with van der Waals surface area (Å²) in [5.41, 5.74) is 7.10. The Balaban J connectivity index is 2.31. The van der Waals surface area contributed by atoms with Gasteiger partial charge in [-0.15, -0.1) is 0 Å². The van der Waals surface area contributed by atoms with E-state index in [4.69, 9.17) is 10.5 Å². The zero-order valence-electron chi connectivity index (χ0n) is 11.3. The number of hydrogen-bond acceptors (Lipinski definition) is 4. The van der Waals surface area contributed by atoms with Crippen molar-refractivity contribution in [3.8, 4) is 0 Å². The fourth-order valence-corrected chi connectivity index (χ4v) is 3.96. The van der Waals surface area contributed by atoms with E-state index in [2.05, 4.69) is 0 Å². The number of nitrogens with zero attached hydrogens (tertiary/aromatic N) is 1. The second-order valence-electron chi connectivity index (χ2n) is 4.90. The lowest BCUT2D eigenvalue weighted by Crippen LogP contribution is -2.42. The molecule has 2 N–H and O–H groups in total. The second kappa shape index (κ2) is 5.48. The van der Waals surface area contributed by atoms with Crippen LogP contribution in [0.2, 0.25) is 0 Å². The molecular weight excluding hydrogens is 264 g/mol. The van der Waals surface area contributed by atoms with E-state index >= 15 is 0 Å². The van der Waals surface area contributed by atoms with Crippen LogP contribution in [-0.4, -0.2) is 39.0 Å². The van der Waals surface area contributed by atoms with Crippen LogP contribution in [0.15, 0.2) is 23.1 Å². The van der Waals surface area contributed by atoms with Crippen LogP contribution < -0.4 is 5.73 Å². The molecule has 1 fully saturated rings. The molecule has 1 aliphatic rings. The SMILES string of the molecule is COC1CCCN(S(=O)(=O)c2ccc(C)cc2N)C1. The van der Waals surface area contributed by atoms with Crippen LogP contribution in [-0.2, 0) is 14.8 Å². The number of aryl methyl sites for hydroxylation is 1. The Labute approximate surface area is 114 Å². The van der Waals surface area contributed by atoms with E-state index < -0.39 is 10.0 Å². The van der Waals surface area contributed by atoms with Crippen molar-refractivity contribution in [2.75, 3.05) is 25.9 Å². The summed E-state index contributed by atoms with van der Waals surface area (Å²) in [7, 11) is -1.91.